The van der Waals surface area contributed by atoms with Gasteiger partial charge in [-0.3, -0.25) is 4.79 Å². The monoisotopic (exact) mass is 403 g/mol. The van der Waals surface area contributed by atoms with Crippen LogP contribution in [-0.2, 0) is 0 Å². The molecule has 3 aromatic rings. The molecule has 1 N–H and O–H groups in total. The number of piperazine rings is 1. The minimum absolute atomic E-state index is 0.201. The lowest BCUT2D eigenvalue weighted by Crippen LogP contribution is -2.46. The Hall–Kier alpha value is -3.34. The maximum Gasteiger partial charge on any atom is 0.255 e. The van der Waals surface area contributed by atoms with E-state index in [1.807, 2.05) is 24.3 Å². The van der Waals surface area contributed by atoms with Crippen LogP contribution in [0, 0.1) is 19.7 Å². The molecule has 1 aliphatic heterocycles. The van der Waals surface area contributed by atoms with Gasteiger partial charge in [0, 0.05) is 48.8 Å². The van der Waals surface area contributed by atoms with E-state index in [2.05, 4.69) is 47.2 Å². The van der Waals surface area contributed by atoms with Crippen molar-refractivity contribution in [2.75, 3.05) is 41.3 Å². The highest BCUT2D eigenvalue weighted by Crippen LogP contribution is 2.25. The van der Waals surface area contributed by atoms with E-state index in [9.17, 15) is 9.18 Å². The molecule has 0 atom stereocenters. The van der Waals surface area contributed by atoms with Crippen LogP contribution in [0.4, 0.5) is 21.5 Å². The van der Waals surface area contributed by atoms with Crippen molar-refractivity contribution in [3.8, 4) is 0 Å². The third kappa shape index (κ3) is 4.46. The molecule has 154 valence electrons. The van der Waals surface area contributed by atoms with Gasteiger partial charge in [0.15, 0.2) is 0 Å². The van der Waals surface area contributed by atoms with Crippen molar-refractivity contribution in [3.05, 3.63) is 89.2 Å². The molecular formula is C25H26FN3O. The van der Waals surface area contributed by atoms with Crippen LogP contribution < -0.4 is 15.1 Å². The number of nitrogens with one attached hydrogen (secondary N) is 1. The minimum Gasteiger partial charge on any atom is -0.368 e. The van der Waals surface area contributed by atoms with Gasteiger partial charge in [0.2, 0.25) is 0 Å². The highest BCUT2D eigenvalue weighted by Gasteiger charge is 2.19. The number of benzene rings is 3. The van der Waals surface area contributed by atoms with Gasteiger partial charge in [0.25, 0.3) is 5.91 Å². The Morgan fingerprint density at radius 2 is 1.47 bits per heavy atom. The topological polar surface area (TPSA) is 35.6 Å². The molecule has 1 heterocycles. The van der Waals surface area contributed by atoms with Gasteiger partial charge in [-0.15, -0.1) is 0 Å². The second-order valence-corrected chi connectivity index (χ2v) is 7.77. The van der Waals surface area contributed by atoms with Crippen molar-refractivity contribution >= 4 is 23.0 Å². The largest absolute Gasteiger partial charge is 0.368 e. The van der Waals surface area contributed by atoms with Gasteiger partial charge >= 0.3 is 0 Å². The summed E-state index contributed by atoms with van der Waals surface area (Å²) in [5.41, 5.74) is 6.19. The zero-order valence-corrected chi connectivity index (χ0v) is 17.4. The maximum absolute atomic E-state index is 13.0. The molecule has 1 fully saturated rings. The van der Waals surface area contributed by atoms with Crippen LogP contribution >= 0.6 is 0 Å². The number of anilines is 3. The summed E-state index contributed by atoms with van der Waals surface area (Å²) in [6.07, 6.45) is 0. The van der Waals surface area contributed by atoms with Crippen LogP contribution in [0.3, 0.4) is 0 Å². The number of amides is 1. The molecule has 1 saturated heterocycles. The fraction of sp³-hybridized carbons (Fsp3) is 0.240. The van der Waals surface area contributed by atoms with Crippen LogP contribution in [0.2, 0.25) is 0 Å². The SMILES string of the molecule is Cc1ccc(C)c(N2CCN(c3ccc(C(=O)Nc4ccc(F)cc4)cc3)CC2)c1. The number of hydrogen-bond acceptors (Lipinski definition) is 3. The lowest BCUT2D eigenvalue weighted by atomic mass is 10.1. The third-order valence-corrected chi connectivity index (χ3v) is 5.58. The van der Waals surface area contributed by atoms with Crippen molar-refractivity contribution in [3.63, 3.8) is 0 Å². The summed E-state index contributed by atoms with van der Waals surface area (Å²) in [4.78, 5) is 17.2. The average Bonchev–Trinajstić information content (AvgIpc) is 2.77. The van der Waals surface area contributed by atoms with Gasteiger partial charge in [-0.05, 0) is 79.6 Å². The normalized spacial score (nSPS) is 14.0. The summed E-state index contributed by atoms with van der Waals surface area (Å²) >= 11 is 0. The van der Waals surface area contributed by atoms with Crippen molar-refractivity contribution in [1.29, 1.82) is 0 Å². The molecule has 1 amide bonds. The zero-order valence-electron chi connectivity index (χ0n) is 17.4. The third-order valence-electron chi connectivity index (χ3n) is 5.58. The molecule has 0 aromatic heterocycles. The molecule has 1 aliphatic rings. The molecule has 0 spiro atoms. The number of nitrogens with zero attached hydrogens (tertiary/aromatic N) is 2. The summed E-state index contributed by atoms with van der Waals surface area (Å²) in [7, 11) is 0. The van der Waals surface area contributed by atoms with Crippen LogP contribution in [-0.4, -0.2) is 32.1 Å². The second-order valence-electron chi connectivity index (χ2n) is 7.77. The Kier molecular flexibility index (Phi) is 5.70. The Morgan fingerprint density at radius 1 is 0.833 bits per heavy atom. The van der Waals surface area contributed by atoms with E-state index in [1.54, 1.807) is 12.1 Å². The molecule has 4 nitrogen and oxygen atoms in total. The van der Waals surface area contributed by atoms with Gasteiger partial charge in [-0.2, -0.15) is 0 Å². The number of aryl methyl sites for hydroxylation is 2. The van der Waals surface area contributed by atoms with E-state index < -0.39 is 0 Å². The van der Waals surface area contributed by atoms with Gasteiger partial charge in [0.1, 0.15) is 5.82 Å². The molecule has 0 radical (unpaired) electrons. The van der Waals surface area contributed by atoms with Gasteiger partial charge in [-0.25, -0.2) is 4.39 Å². The summed E-state index contributed by atoms with van der Waals surface area (Å²) in [6, 6.07) is 20.0. The van der Waals surface area contributed by atoms with E-state index >= 15 is 0 Å². The summed E-state index contributed by atoms with van der Waals surface area (Å²) in [5.74, 6) is -0.525. The predicted molar refractivity (Wildman–Crippen MR) is 121 cm³/mol. The lowest BCUT2D eigenvalue weighted by molar-refractivity contribution is 0.102. The number of hydrogen-bond donors (Lipinski definition) is 1. The first-order chi connectivity index (χ1) is 14.5. The smallest absolute Gasteiger partial charge is 0.255 e. The van der Waals surface area contributed by atoms with Crippen molar-refractivity contribution in [2.24, 2.45) is 0 Å². The predicted octanol–water partition coefficient (Wildman–Crippen LogP) is 5.02. The average molecular weight is 404 g/mol. The maximum atomic E-state index is 13.0. The van der Waals surface area contributed by atoms with Crippen LogP contribution in [0.15, 0.2) is 66.7 Å². The summed E-state index contributed by atoms with van der Waals surface area (Å²) in [5, 5.41) is 2.79. The molecule has 0 unspecified atom stereocenters. The van der Waals surface area contributed by atoms with E-state index in [4.69, 9.17) is 0 Å². The molecule has 4 rings (SSSR count). The Labute approximate surface area is 176 Å². The first-order valence-electron chi connectivity index (χ1n) is 10.2. The van der Waals surface area contributed by atoms with Gasteiger partial charge in [0.05, 0.1) is 0 Å². The van der Waals surface area contributed by atoms with Crippen molar-refractivity contribution in [2.45, 2.75) is 13.8 Å². The van der Waals surface area contributed by atoms with Crippen LogP contribution in [0.1, 0.15) is 21.5 Å². The van der Waals surface area contributed by atoms with Crippen LogP contribution in [0.25, 0.3) is 0 Å². The van der Waals surface area contributed by atoms with Gasteiger partial charge < -0.3 is 15.1 Å². The first kappa shape index (κ1) is 20.0. The summed E-state index contributed by atoms with van der Waals surface area (Å²) < 4.78 is 13.0. The highest BCUT2D eigenvalue weighted by molar-refractivity contribution is 6.04. The lowest BCUT2D eigenvalue weighted by Gasteiger charge is -2.38. The quantitative estimate of drug-likeness (QED) is 0.664. The number of carbonyl (C=O) groups is 1. The zero-order chi connectivity index (χ0) is 21.1. The Bertz CT molecular complexity index is 1020. The van der Waals surface area contributed by atoms with E-state index in [-0.39, 0.29) is 11.7 Å². The molecular weight excluding hydrogens is 377 g/mol. The Balaban J connectivity index is 1.37. The minimum atomic E-state index is -0.324. The number of rotatable bonds is 4. The first-order valence-corrected chi connectivity index (χ1v) is 10.2. The van der Waals surface area contributed by atoms with Crippen molar-refractivity contribution in [1.82, 2.24) is 0 Å². The molecule has 0 aliphatic carbocycles. The van der Waals surface area contributed by atoms with Crippen LogP contribution in [0.5, 0.6) is 0 Å². The number of halogens is 1. The van der Waals surface area contributed by atoms with E-state index in [0.717, 1.165) is 31.9 Å². The molecule has 5 heteroatoms. The molecule has 0 bridgehead atoms. The Morgan fingerprint density at radius 3 is 2.13 bits per heavy atom. The van der Waals surface area contributed by atoms with Gasteiger partial charge in [-0.1, -0.05) is 12.1 Å². The highest BCUT2D eigenvalue weighted by atomic mass is 19.1. The molecule has 3 aromatic carbocycles. The molecule has 30 heavy (non-hydrogen) atoms. The second kappa shape index (κ2) is 8.57. The van der Waals surface area contributed by atoms with E-state index in [1.165, 1.54) is 28.9 Å². The van der Waals surface area contributed by atoms with E-state index in [0.29, 0.717) is 11.3 Å². The summed E-state index contributed by atoms with van der Waals surface area (Å²) in [6.45, 7) is 8.11. The standard InChI is InChI=1S/C25H26FN3O/c1-18-3-4-19(2)24(17-18)29-15-13-28(14-16-29)23-11-5-20(6-12-23)25(30)27-22-9-7-21(26)8-10-22/h3-12,17H,13-16H2,1-2H3,(H,27,30). The van der Waals surface area contributed by atoms with Crippen molar-refractivity contribution < 1.29 is 9.18 Å². The fourth-order valence-electron chi connectivity index (χ4n) is 3.83. The fourth-order valence-corrected chi connectivity index (χ4v) is 3.83. The number of carbonyl (C=O) groups excluding carboxylic acids is 1. The molecule has 0 saturated carbocycles.